The van der Waals surface area contributed by atoms with Crippen molar-refractivity contribution >= 4 is 51.8 Å². The summed E-state index contributed by atoms with van der Waals surface area (Å²) in [4.78, 5) is 33.7. The van der Waals surface area contributed by atoms with Crippen LogP contribution >= 0.6 is 24.0 Å². The maximum Gasteiger partial charge on any atom is 0.270 e. The van der Waals surface area contributed by atoms with E-state index in [0.29, 0.717) is 64.5 Å². The number of anilines is 2. The van der Waals surface area contributed by atoms with Gasteiger partial charge in [-0.05, 0) is 61.7 Å². The molecule has 2 saturated heterocycles. The molecule has 0 atom stereocenters. The van der Waals surface area contributed by atoms with E-state index in [1.165, 1.54) is 11.8 Å². The number of aromatic nitrogens is 1. The van der Waals surface area contributed by atoms with Crippen molar-refractivity contribution in [3.8, 4) is 17.6 Å². The molecule has 11 heteroatoms. The van der Waals surface area contributed by atoms with Gasteiger partial charge in [-0.25, -0.2) is 0 Å². The highest BCUT2D eigenvalue weighted by Gasteiger charge is 2.33. The number of hydrogen-bond donors (Lipinski definition) is 0. The maximum atomic E-state index is 13.7. The SMILES string of the molecule is CCn1c(N2CCN(c3ccccc3)CC2)c(C=C2SC(=S)N(CCc3ccc(OC)c(OC)c3)C2=O)c(C)c(C#N)c1=O. The fourth-order valence-corrected chi connectivity index (χ4v) is 6.98. The van der Waals surface area contributed by atoms with Gasteiger partial charge in [-0.2, -0.15) is 5.26 Å². The quantitative estimate of drug-likeness (QED) is 0.244. The van der Waals surface area contributed by atoms with E-state index in [0.717, 1.165) is 30.2 Å². The maximum absolute atomic E-state index is 13.7. The van der Waals surface area contributed by atoms with E-state index in [4.69, 9.17) is 21.7 Å². The lowest BCUT2D eigenvalue weighted by molar-refractivity contribution is -0.122. The van der Waals surface area contributed by atoms with Crippen molar-refractivity contribution in [1.29, 1.82) is 5.26 Å². The van der Waals surface area contributed by atoms with E-state index < -0.39 is 0 Å². The molecule has 1 aromatic heterocycles. The number of ether oxygens (including phenoxy) is 2. The predicted octanol–water partition coefficient (Wildman–Crippen LogP) is 4.84. The molecule has 3 aromatic rings. The molecule has 0 spiro atoms. The monoisotopic (exact) mass is 629 g/mol. The minimum Gasteiger partial charge on any atom is -0.493 e. The van der Waals surface area contributed by atoms with Crippen LogP contribution < -0.4 is 24.8 Å². The molecule has 2 aliphatic rings. The van der Waals surface area contributed by atoms with E-state index in [9.17, 15) is 14.9 Å². The van der Waals surface area contributed by atoms with Crippen LogP contribution in [0.25, 0.3) is 6.08 Å². The van der Waals surface area contributed by atoms with Gasteiger partial charge in [-0.3, -0.25) is 19.1 Å². The number of nitrogens with zero attached hydrogens (tertiary/aromatic N) is 5. The van der Waals surface area contributed by atoms with E-state index >= 15 is 0 Å². The Morgan fingerprint density at radius 1 is 1.00 bits per heavy atom. The Kier molecular flexibility index (Phi) is 9.61. The summed E-state index contributed by atoms with van der Waals surface area (Å²) in [6, 6.07) is 18.1. The highest BCUT2D eigenvalue weighted by Crippen LogP contribution is 2.37. The number of amides is 1. The molecule has 5 rings (SSSR count). The molecule has 1 amide bonds. The molecule has 3 heterocycles. The average Bonchev–Trinajstić information content (AvgIpc) is 3.32. The molecule has 2 aliphatic heterocycles. The van der Waals surface area contributed by atoms with Crippen LogP contribution in [0.2, 0.25) is 0 Å². The van der Waals surface area contributed by atoms with E-state index in [2.05, 4.69) is 28.0 Å². The lowest BCUT2D eigenvalue weighted by Gasteiger charge is -2.39. The highest BCUT2D eigenvalue weighted by atomic mass is 32.2. The third-order valence-electron chi connectivity index (χ3n) is 8.08. The van der Waals surface area contributed by atoms with Crippen LogP contribution in [0.5, 0.6) is 11.5 Å². The van der Waals surface area contributed by atoms with Gasteiger partial charge in [0.1, 0.15) is 21.8 Å². The number of hydrogen-bond acceptors (Lipinski definition) is 9. The summed E-state index contributed by atoms with van der Waals surface area (Å²) >= 11 is 6.89. The molecule has 2 fully saturated rings. The number of benzene rings is 2. The topological polar surface area (TPSA) is 91.0 Å². The van der Waals surface area contributed by atoms with E-state index in [1.54, 1.807) is 30.6 Å². The van der Waals surface area contributed by atoms with Crippen molar-refractivity contribution in [2.45, 2.75) is 26.8 Å². The highest BCUT2D eigenvalue weighted by molar-refractivity contribution is 8.26. The van der Waals surface area contributed by atoms with Crippen LogP contribution in [0.15, 0.2) is 58.2 Å². The first kappa shape index (κ1) is 31.2. The molecule has 0 radical (unpaired) electrons. The third-order valence-corrected chi connectivity index (χ3v) is 9.46. The van der Waals surface area contributed by atoms with E-state index in [-0.39, 0.29) is 17.0 Å². The Hall–Kier alpha value is -4.27. The molecular weight excluding hydrogens is 595 g/mol. The number of methoxy groups -OCH3 is 2. The number of piperazine rings is 1. The van der Waals surface area contributed by atoms with Gasteiger partial charge in [0.05, 0.1) is 19.1 Å². The van der Waals surface area contributed by atoms with Gasteiger partial charge < -0.3 is 19.3 Å². The first-order valence-corrected chi connectivity index (χ1v) is 15.7. The zero-order chi connectivity index (χ0) is 31.4. The number of carbonyl (C=O) groups excluding carboxylic acids is 1. The van der Waals surface area contributed by atoms with Crippen LogP contribution in [0.4, 0.5) is 11.5 Å². The third kappa shape index (κ3) is 6.05. The lowest BCUT2D eigenvalue weighted by Crippen LogP contribution is -2.48. The summed E-state index contributed by atoms with van der Waals surface area (Å²) in [6.07, 6.45) is 2.39. The number of rotatable bonds is 9. The number of para-hydroxylation sites is 1. The zero-order valence-electron chi connectivity index (χ0n) is 25.3. The lowest BCUT2D eigenvalue weighted by atomic mass is 10.0. The van der Waals surface area contributed by atoms with Crippen molar-refractivity contribution in [3.63, 3.8) is 0 Å². The minimum atomic E-state index is -0.312. The Morgan fingerprint density at radius 2 is 1.68 bits per heavy atom. The summed E-state index contributed by atoms with van der Waals surface area (Å²) in [5, 5.41) is 9.93. The predicted molar refractivity (Wildman–Crippen MR) is 180 cm³/mol. The molecule has 0 bridgehead atoms. The zero-order valence-corrected chi connectivity index (χ0v) is 27.0. The Labute approximate surface area is 267 Å². The Morgan fingerprint density at radius 3 is 2.32 bits per heavy atom. The second-order valence-electron chi connectivity index (χ2n) is 10.5. The second kappa shape index (κ2) is 13.6. The van der Waals surface area contributed by atoms with Crippen LogP contribution in [0.3, 0.4) is 0 Å². The van der Waals surface area contributed by atoms with Crippen molar-refractivity contribution in [1.82, 2.24) is 9.47 Å². The standard InChI is InChI=1S/C33H35N5O4S2/c1-5-37-30(36-17-15-35(16-18-36)24-9-7-6-8-10-24)25(22(2)26(21-34)31(37)39)20-29-32(40)38(33(43)44-29)14-13-23-11-12-27(41-3)28(19-23)42-4/h6-12,19-20H,5,13-18H2,1-4H3. The van der Waals surface area contributed by atoms with Crippen molar-refractivity contribution in [2.24, 2.45) is 0 Å². The van der Waals surface area contributed by atoms with Crippen LogP contribution in [-0.4, -0.2) is 66.6 Å². The average molecular weight is 630 g/mol. The van der Waals surface area contributed by atoms with Gasteiger partial charge in [0.15, 0.2) is 11.5 Å². The van der Waals surface area contributed by atoms with Gasteiger partial charge >= 0.3 is 0 Å². The van der Waals surface area contributed by atoms with Crippen molar-refractivity contribution in [2.75, 3.05) is 56.7 Å². The Bertz CT molecular complexity index is 1710. The van der Waals surface area contributed by atoms with Crippen molar-refractivity contribution < 1.29 is 14.3 Å². The largest absolute Gasteiger partial charge is 0.493 e. The number of nitriles is 1. The summed E-state index contributed by atoms with van der Waals surface area (Å²) < 4.78 is 12.9. The molecule has 0 unspecified atom stereocenters. The molecule has 44 heavy (non-hydrogen) atoms. The fraction of sp³-hybridized carbons (Fsp3) is 0.333. The van der Waals surface area contributed by atoms with Crippen molar-refractivity contribution in [3.05, 3.63) is 86.0 Å². The number of thiocarbonyl (C=S) groups is 1. The number of pyridine rings is 1. The summed E-state index contributed by atoms with van der Waals surface area (Å²) in [7, 11) is 3.18. The van der Waals surface area contributed by atoms with E-state index in [1.807, 2.05) is 49.4 Å². The number of thioether (sulfide) groups is 1. The van der Waals surface area contributed by atoms with Crippen LogP contribution in [0.1, 0.15) is 29.2 Å². The first-order valence-electron chi connectivity index (χ1n) is 14.5. The minimum absolute atomic E-state index is 0.0914. The Balaban J connectivity index is 1.45. The summed E-state index contributed by atoms with van der Waals surface area (Å²) in [5.41, 5.74) is 3.20. The molecular formula is C33H35N5O4S2. The van der Waals surface area contributed by atoms with Gasteiger partial charge in [-0.15, -0.1) is 0 Å². The summed E-state index contributed by atoms with van der Waals surface area (Å²) in [5.74, 6) is 1.81. The van der Waals surface area contributed by atoms with Gasteiger partial charge in [0.25, 0.3) is 11.5 Å². The first-order chi connectivity index (χ1) is 21.3. The van der Waals surface area contributed by atoms with Gasteiger partial charge in [0, 0.05) is 50.5 Å². The fourth-order valence-electron chi connectivity index (χ4n) is 5.69. The van der Waals surface area contributed by atoms with Crippen LogP contribution in [0, 0.1) is 18.3 Å². The molecule has 2 aromatic carbocycles. The second-order valence-corrected chi connectivity index (χ2v) is 12.2. The molecule has 0 N–H and O–H groups in total. The molecule has 0 saturated carbocycles. The normalized spacial score (nSPS) is 16.1. The van der Waals surface area contributed by atoms with Crippen LogP contribution in [-0.2, 0) is 17.8 Å². The smallest absolute Gasteiger partial charge is 0.270 e. The molecule has 9 nitrogen and oxygen atoms in total. The molecule has 0 aliphatic carbocycles. The van der Waals surface area contributed by atoms with Gasteiger partial charge in [0.2, 0.25) is 0 Å². The van der Waals surface area contributed by atoms with Gasteiger partial charge in [-0.1, -0.05) is 48.2 Å². The number of carbonyl (C=O) groups is 1. The molecule has 228 valence electrons. The summed E-state index contributed by atoms with van der Waals surface area (Å²) in [6.45, 7) is 7.42.